The Kier molecular flexibility index (Phi) is 7.70. The minimum Gasteiger partial charge on any atom is -0.509 e. The average molecular weight is 600 g/mol. The lowest BCUT2D eigenvalue weighted by molar-refractivity contribution is -0.155. The fourth-order valence-electron chi connectivity index (χ4n) is 6.55. The van der Waals surface area contributed by atoms with E-state index in [4.69, 9.17) is 5.73 Å². The molecule has 0 saturated heterocycles. The Morgan fingerprint density at radius 3 is 2.21 bits per heavy atom. The number of aliphatic hydroxyl groups is 3. The number of phenols is 1. The lowest BCUT2D eigenvalue weighted by Gasteiger charge is -2.55. The van der Waals surface area contributed by atoms with Crippen LogP contribution in [-0.2, 0) is 20.8 Å². The number of rotatable bonds is 6. The molecule has 1 aromatic carbocycles. The van der Waals surface area contributed by atoms with E-state index in [9.17, 15) is 39.6 Å². The van der Waals surface area contributed by atoms with Gasteiger partial charge >= 0.3 is 0 Å². The van der Waals surface area contributed by atoms with Crippen LogP contribution in [0, 0.1) is 11.8 Å². The van der Waals surface area contributed by atoms with Crippen molar-refractivity contribution < 1.29 is 39.6 Å². The van der Waals surface area contributed by atoms with Gasteiger partial charge in [-0.2, -0.15) is 0 Å². The number of allylic oxidation sites excluding steroid dienone is 1. The van der Waals surface area contributed by atoms with Gasteiger partial charge in [-0.25, -0.2) is 0 Å². The highest BCUT2D eigenvalue weighted by molar-refractivity contribution is 6.25. The highest BCUT2D eigenvalue weighted by Crippen LogP contribution is 2.56. The van der Waals surface area contributed by atoms with Crippen LogP contribution in [0.2, 0.25) is 0 Å². The highest BCUT2D eigenvalue weighted by atomic mass is 16.3. The summed E-state index contributed by atoms with van der Waals surface area (Å²) in [6, 6.07) is 1.56. The first kappa shape index (κ1) is 32.0. The fraction of sp³-hybridized carbons (Fsp3) is 0.533. The number of nitrogens with two attached hydrogens (primary N) is 1. The lowest BCUT2D eigenvalue weighted by atomic mass is 9.54. The molecule has 43 heavy (non-hydrogen) atoms. The number of benzene rings is 1. The number of ketones is 2. The number of amides is 2. The summed E-state index contributed by atoms with van der Waals surface area (Å²) >= 11 is 0. The van der Waals surface area contributed by atoms with E-state index in [-0.39, 0.29) is 41.7 Å². The molecule has 0 unspecified atom stereocenters. The number of carbonyl (C=O) groups excluding carboxylic acids is 4. The molecule has 3 aliphatic rings. The van der Waals surface area contributed by atoms with Crippen molar-refractivity contribution in [3.63, 3.8) is 0 Å². The molecule has 0 bridgehead atoms. The third kappa shape index (κ3) is 4.75. The van der Waals surface area contributed by atoms with E-state index in [1.54, 1.807) is 39.2 Å². The number of Topliss-reactive ketones (excluding diaryl/α,β-unsaturated/α-hetero) is 2. The number of nitrogens with zero attached hydrogens (tertiary/aromatic N) is 2. The van der Waals surface area contributed by atoms with Gasteiger partial charge in [-0.05, 0) is 72.2 Å². The van der Waals surface area contributed by atoms with Crippen molar-refractivity contribution in [2.24, 2.45) is 17.6 Å². The summed E-state index contributed by atoms with van der Waals surface area (Å²) in [5, 5.41) is 51.7. The van der Waals surface area contributed by atoms with Crippen LogP contribution in [0.4, 0.5) is 11.4 Å². The second kappa shape index (κ2) is 10.4. The van der Waals surface area contributed by atoms with Crippen molar-refractivity contribution in [2.45, 2.75) is 57.2 Å². The second-order valence-corrected chi connectivity index (χ2v) is 13.2. The molecule has 234 valence electrons. The first-order chi connectivity index (χ1) is 19.7. The molecule has 13 nitrogen and oxygen atoms in total. The van der Waals surface area contributed by atoms with E-state index in [0.717, 1.165) is 0 Å². The molecule has 0 spiro atoms. The zero-order valence-electron chi connectivity index (χ0n) is 25.7. The van der Waals surface area contributed by atoms with E-state index in [0.29, 0.717) is 11.3 Å². The zero-order chi connectivity index (χ0) is 32.6. The number of primary amides is 1. The molecule has 4 rings (SSSR count). The standard InChI is InChI=1S/C30H41N5O8/c1-28(2,3)32-12-18(36)33-15-11-16(34(5)6)14-9-13-10-17-29(4,35(7)8)24(39)21(27(31)42)26(41)30(17,43)25(40)19(13)23(38)20(14)22(15)37/h11,13,17,32,37,39-40,43H,9-10,12H2,1-8H3,(H2,31,42)(H,33,36)/t13-,17-,29+,30-/m0/s1. The first-order valence-corrected chi connectivity index (χ1v) is 14.0. The molecule has 8 N–H and O–H groups in total. The summed E-state index contributed by atoms with van der Waals surface area (Å²) < 4.78 is 0. The smallest absolute Gasteiger partial charge is 0.255 e. The molecule has 0 fully saturated rings. The molecule has 0 saturated carbocycles. The predicted molar refractivity (Wildman–Crippen MR) is 159 cm³/mol. The Morgan fingerprint density at radius 1 is 1.09 bits per heavy atom. The van der Waals surface area contributed by atoms with Crippen LogP contribution < -0.4 is 21.3 Å². The second-order valence-electron chi connectivity index (χ2n) is 13.2. The van der Waals surface area contributed by atoms with Crippen molar-refractivity contribution in [3.8, 4) is 5.75 Å². The fourth-order valence-corrected chi connectivity index (χ4v) is 6.55. The summed E-state index contributed by atoms with van der Waals surface area (Å²) in [5.41, 5.74) is 0.418. The Balaban J connectivity index is 1.91. The number of nitrogens with one attached hydrogen (secondary N) is 2. The maximum atomic E-state index is 14.1. The van der Waals surface area contributed by atoms with Crippen LogP contribution >= 0.6 is 0 Å². The van der Waals surface area contributed by atoms with E-state index < -0.39 is 69.2 Å². The maximum absolute atomic E-state index is 14.1. The summed E-state index contributed by atoms with van der Waals surface area (Å²) in [6.07, 6.45) is 0.0843. The van der Waals surface area contributed by atoms with Crippen LogP contribution in [0.1, 0.15) is 50.0 Å². The van der Waals surface area contributed by atoms with Crippen LogP contribution in [-0.4, -0.2) is 100 Å². The molecule has 0 aromatic heterocycles. The normalized spacial score (nSPS) is 27.1. The van der Waals surface area contributed by atoms with Crippen molar-refractivity contribution >= 4 is 34.8 Å². The van der Waals surface area contributed by atoms with Gasteiger partial charge in [0.05, 0.1) is 23.3 Å². The highest BCUT2D eigenvalue weighted by Gasteiger charge is 2.67. The van der Waals surface area contributed by atoms with E-state index in [1.807, 2.05) is 20.8 Å². The van der Waals surface area contributed by atoms with Crippen molar-refractivity contribution in [1.29, 1.82) is 0 Å². The maximum Gasteiger partial charge on any atom is 0.255 e. The number of aromatic hydroxyl groups is 1. The molecule has 1 aromatic rings. The van der Waals surface area contributed by atoms with Gasteiger partial charge in [0, 0.05) is 36.8 Å². The van der Waals surface area contributed by atoms with Crippen LogP contribution in [0.5, 0.6) is 5.75 Å². The van der Waals surface area contributed by atoms with Crippen LogP contribution in [0.25, 0.3) is 0 Å². The predicted octanol–water partition coefficient (Wildman–Crippen LogP) is 0.903. The minimum atomic E-state index is -2.76. The third-order valence-electron chi connectivity index (χ3n) is 9.03. The Hall–Kier alpha value is -3.94. The minimum absolute atomic E-state index is 0.0276. The Morgan fingerprint density at radius 2 is 1.70 bits per heavy atom. The van der Waals surface area contributed by atoms with Gasteiger partial charge in [0.2, 0.25) is 11.7 Å². The Bertz CT molecular complexity index is 1500. The molecular weight excluding hydrogens is 558 g/mol. The average Bonchev–Trinajstić information content (AvgIpc) is 2.88. The summed E-state index contributed by atoms with van der Waals surface area (Å²) in [6.45, 7) is 7.12. The first-order valence-electron chi connectivity index (χ1n) is 14.0. The van der Waals surface area contributed by atoms with Gasteiger partial charge in [-0.15, -0.1) is 0 Å². The van der Waals surface area contributed by atoms with Crippen molar-refractivity contribution in [2.75, 3.05) is 45.0 Å². The van der Waals surface area contributed by atoms with Gasteiger partial charge < -0.3 is 41.7 Å². The number of anilines is 2. The number of hydrogen-bond acceptors (Lipinski definition) is 11. The monoisotopic (exact) mass is 599 g/mol. The largest absolute Gasteiger partial charge is 0.509 e. The summed E-state index contributed by atoms with van der Waals surface area (Å²) in [4.78, 5) is 56.0. The van der Waals surface area contributed by atoms with E-state index in [2.05, 4.69) is 10.6 Å². The van der Waals surface area contributed by atoms with Crippen molar-refractivity contribution in [3.05, 3.63) is 39.9 Å². The number of likely N-dealkylation sites (N-methyl/N-ethyl adjacent to an activating group) is 1. The van der Waals surface area contributed by atoms with Gasteiger partial charge in [0.1, 0.15) is 17.1 Å². The van der Waals surface area contributed by atoms with Gasteiger partial charge in [-0.1, -0.05) is 0 Å². The number of carbonyl (C=O) groups is 4. The van der Waals surface area contributed by atoms with E-state index >= 15 is 0 Å². The lowest BCUT2D eigenvalue weighted by Crippen LogP contribution is -2.68. The molecule has 3 aliphatic carbocycles. The van der Waals surface area contributed by atoms with E-state index in [1.165, 1.54) is 11.8 Å². The molecular formula is C30H41N5O8. The molecule has 0 radical (unpaired) electrons. The van der Waals surface area contributed by atoms with Crippen molar-refractivity contribution in [1.82, 2.24) is 10.2 Å². The summed E-state index contributed by atoms with van der Waals surface area (Å²) in [5.74, 6) is -7.92. The number of phenolic OH excluding ortho intramolecular Hbond substituents is 1. The number of fused-ring (bicyclic) bond motifs is 3. The molecule has 0 heterocycles. The topological polar surface area (TPSA) is 206 Å². The van der Waals surface area contributed by atoms with Crippen LogP contribution in [0.15, 0.2) is 28.7 Å². The SMILES string of the molecule is CN(C)c1cc(NC(=O)CNC(C)(C)C)c(O)c2c1C[C@H]1C[C@@H]3[C@@](O)(C(=O)C(C(N)=O)=C(O)[C@]3(C)N(C)C)C(O)=C1C2=O. The number of aliphatic hydroxyl groups excluding tert-OH is 2. The molecule has 13 heteroatoms. The number of hydrogen-bond donors (Lipinski definition) is 7. The van der Waals surface area contributed by atoms with Gasteiger partial charge in [0.15, 0.2) is 17.1 Å². The zero-order valence-corrected chi connectivity index (χ0v) is 25.7. The van der Waals surface area contributed by atoms with Gasteiger partial charge in [-0.3, -0.25) is 24.1 Å². The molecule has 0 aliphatic heterocycles. The molecule has 4 atom stereocenters. The summed E-state index contributed by atoms with van der Waals surface area (Å²) in [7, 11) is 6.64. The van der Waals surface area contributed by atoms with Gasteiger partial charge in [0.25, 0.3) is 5.91 Å². The quantitative estimate of drug-likeness (QED) is 0.181. The molecule has 2 amide bonds. The van der Waals surface area contributed by atoms with Crippen LogP contribution in [0.3, 0.4) is 0 Å². The third-order valence-corrected chi connectivity index (χ3v) is 9.03. The Labute approximate surface area is 250 Å².